The molecule has 3 rings (SSSR count). The van der Waals surface area contributed by atoms with E-state index in [1.54, 1.807) is 12.1 Å². The predicted molar refractivity (Wildman–Crippen MR) is 99.9 cm³/mol. The topological polar surface area (TPSA) is 66.5 Å². The van der Waals surface area contributed by atoms with Gasteiger partial charge < -0.3 is 5.32 Å². The minimum Gasteiger partial charge on any atom is -0.326 e. The summed E-state index contributed by atoms with van der Waals surface area (Å²) >= 11 is 0.903. The third-order valence-electron chi connectivity index (χ3n) is 3.98. The Kier molecular flexibility index (Phi) is 4.90. The largest absolute Gasteiger partial charge is 0.326 e. The maximum absolute atomic E-state index is 12.6. The molecule has 1 unspecified atom stereocenters. The first-order valence-corrected chi connectivity index (χ1v) is 8.80. The number of nitrogens with one attached hydrogen (secondary N) is 1. The van der Waals surface area contributed by atoms with E-state index >= 15 is 0 Å². The van der Waals surface area contributed by atoms with Gasteiger partial charge in [0.1, 0.15) is 5.25 Å². The average Bonchev–Trinajstić information content (AvgIpc) is 2.84. The van der Waals surface area contributed by atoms with Crippen LogP contribution in [0.25, 0.3) is 0 Å². The summed E-state index contributed by atoms with van der Waals surface area (Å²) in [7, 11) is 0. The van der Waals surface area contributed by atoms with E-state index in [2.05, 4.69) is 5.32 Å². The molecular formula is C19H18N2O3S. The molecule has 1 N–H and O–H groups in total. The molecule has 0 radical (unpaired) electrons. The molecule has 0 saturated carbocycles. The lowest BCUT2D eigenvalue weighted by Crippen LogP contribution is -2.33. The second kappa shape index (κ2) is 7.11. The second-order valence-corrected chi connectivity index (χ2v) is 7.10. The zero-order valence-corrected chi connectivity index (χ0v) is 14.8. The van der Waals surface area contributed by atoms with Crippen LogP contribution in [0.15, 0.2) is 48.5 Å². The molecule has 0 bridgehead atoms. The molecule has 0 aromatic heterocycles. The summed E-state index contributed by atoms with van der Waals surface area (Å²) in [5.41, 5.74) is 3.19. The van der Waals surface area contributed by atoms with E-state index in [1.165, 1.54) is 4.90 Å². The quantitative estimate of drug-likeness (QED) is 0.904. The van der Waals surface area contributed by atoms with E-state index in [-0.39, 0.29) is 23.5 Å². The molecule has 3 amide bonds. The number of imide groups is 1. The third kappa shape index (κ3) is 3.74. The molecule has 1 atom stereocenters. The summed E-state index contributed by atoms with van der Waals surface area (Å²) < 4.78 is 0. The van der Waals surface area contributed by atoms with Gasteiger partial charge in [-0.25, -0.2) is 4.90 Å². The highest BCUT2D eigenvalue weighted by molar-refractivity contribution is 8.15. The molecule has 1 aliphatic rings. The maximum Gasteiger partial charge on any atom is 0.293 e. The molecule has 6 heteroatoms. The number of hydrogen-bond acceptors (Lipinski definition) is 4. The minimum absolute atomic E-state index is 0.0362. The molecule has 5 nitrogen and oxygen atoms in total. The molecule has 0 aliphatic carbocycles. The second-order valence-electron chi connectivity index (χ2n) is 5.95. The molecule has 1 aliphatic heterocycles. The zero-order valence-electron chi connectivity index (χ0n) is 14.0. The van der Waals surface area contributed by atoms with E-state index in [1.807, 2.05) is 50.2 Å². The Bertz CT molecular complexity index is 833. The fourth-order valence-electron chi connectivity index (χ4n) is 2.64. The van der Waals surface area contributed by atoms with Crippen LogP contribution in [0.2, 0.25) is 0 Å². The lowest BCUT2D eigenvalue weighted by Gasteiger charge is -2.16. The molecule has 1 saturated heterocycles. The summed E-state index contributed by atoms with van der Waals surface area (Å²) in [4.78, 5) is 38.2. The first kappa shape index (κ1) is 17.2. The number of hydrogen-bond donors (Lipinski definition) is 1. The summed E-state index contributed by atoms with van der Waals surface area (Å²) in [6, 6.07) is 14.6. The van der Waals surface area contributed by atoms with E-state index in [9.17, 15) is 14.4 Å². The number of benzene rings is 2. The highest BCUT2D eigenvalue weighted by Crippen LogP contribution is 2.34. The number of amides is 3. The van der Waals surface area contributed by atoms with Gasteiger partial charge in [-0.3, -0.25) is 14.4 Å². The van der Waals surface area contributed by atoms with Crippen molar-refractivity contribution in [1.82, 2.24) is 0 Å². The Morgan fingerprint density at radius 2 is 1.76 bits per heavy atom. The summed E-state index contributed by atoms with van der Waals surface area (Å²) in [5, 5.41) is 1.73. The van der Waals surface area contributed by atoms with Gasteiger partial charge in [-0.15, -0.1) is 0 Å². The highest BCUT2D eigenvalue weighted by Gasteiger charge is 2.41. The number of nitrogens with zero attached hydrogens (tertiary/aromatic N) is 1. The molecule has 2 aromatic rings. The van der Waals surface area contributed by atoms with Crippen molar-refractivity contribution in [2.75, 3.05) is 10.2 Å². The van der Waals surface area contributed by atoms with E-state index in [0.717, 1.165) is 22.9 Å². The van der Waals surface area contributed by atoms with Crippen LogP contribution < -0.4 is 10.2 Å². The zero-order chi connectivity index (χ0) is 18.0. The van der Waals surface area contributed by atoms with Crippen LogP contribution in [0, 0.1) is 13.8 Å². The number of carbonyl (C=O) groups excluding carboxylic acids is 3. The SMILES string of the molecule is Cc1ccc(NC(=O)CC2SC(=O)N(c3ccccc3C)C2=O)cc1. The van der Waals surface area contributed by atoms with Gasteiger partial charge in [0, 0.05) is 12.1 Å². The normalized spacial score (nSPS) is 17.0. The lowest BCUT2D eigenvalue weighted by molar-refractivity contribution is -0.121. The monoisotopic (exact) mass is 354 g/mol. The smallest absolute Gasteiger partial charge is 0.293 e. The first-order valence-electron chi connectivity index (χ1n) is 7.92. The number of para-hydroxylation sites is 1. The van der Waals surface area contributed by atoms with E-state index < -0.39 is 5.25 Å². The van der Waals surface area contributed by atoms with Crippen molar-refractivity contribution in [3.05, 3.63) is 59.7 Å². The average molecular weight is 354 g/mol. The van der Waals surface area contributed by atoms with Crippen molar-refractivity contribution in [2.45, 2.75) is 25.5 Å². The van der Waals surface area contributed by atoms with Crippen LogP contribution >= 0.6 is 11.8 Å². The molecule has 25 heavy (non-hydrogen) atoms. The van der Waals surface area contributed by atoms with E-state index in [4.69, 9.17) is 0 Å². The minimum atomic E-state index is -0.697. The Balaban J connectivity index is 1.69. The molecule has 0 spiro atoms. The van der Waals surface area contributed by atoms with Crippen molar-refractivity contribution in [2.24, 2.45) is 0 Å². The number of anilines is 2. The fourth-order valence-corrected chi connectivity index (χ4v) is 3.61. The van der Waals surface area contributed by atoms with Crippen LogP contribution in [-0.4, -0.2) is 22.3 Å². The van der Waals surface area contributed by atoms with Gasteiger partial charge in [0.2, 0.25) is 11.8 Å². The van der Waals surface area contributed by atoms with Gasteiger partial charge >= 0.3 is 0 Å². The number of carbonyl (C=O) groups is 3. The van der Waals surface area contributed by atoms with Gasteiger partial charge in [0.25, 0.3) is 5.24 Å². The summed E-state index contributed by atoms with van der Waals surface area (Å²) in [6.45, 7) is 3.81. The van der Waals surface area contributed by atoms with Crippen molar-refractivity contribution in [3.8, 4) is 0 Å². The van der Waals surface area contributed by atoms with E-state index in [0.29, 0.717) is 11.4 Å². The Morgan fingerprint density at radius 3 is 2.44 bits per heavy atom. The maximum atomic E-state index is 12.6. The van der Waals surface area contributed by atoms with Crippen molar-refractivity contribution < 1.29 is 14.4 Å². The van der Waals surface area contributed by atoms with Crippen LogP contribution in [-0.2, 0) is 9.59 Å². The number of thioether (sulfide) groups is 1. The van der Waals surface area contributed by atoms with Crippen molar-refractivity contribution in [1.29, 1.82) is 0 Å². The first-order chi connectivity index (χ1) is 12.0. The molecule has 2 aromatic carbocycles. The van der Waals surface area contributed by atoms with Crippen molar-refractivity contribution >= 4 is 40.2 Å². The summed E-state index contributed by atoms with van der Waals surface area (Å²) in [6.07, 6.45) is -0.0362. The van der Waals surface area contributed by atoms with Gasteiger partial charge in [-0.05, 0) is 49.4 Å². The van der Waals surface area contributed by atoms with Crippen LogP contribution in [0.5, 0.6) is 0 Å². The Morgan fingerprint density at radius 1 is 1.08 bits per heavy atom. The van der Waals surface area contributed by atoms with Crippen LogP contribution in [0.4, 0.5) is 16.2 Å². The van der Waals surface area contributed by atoms with Gasteiger partial charge in [0.05, 0.1) is 5.69 Å². The predicted octanol–water partition coefficient (Wildman–Crippen LogP) is 3.90. The molecule has 128 valence electrons. The van der Waals surface area contributed by atoms with Crippen molar-refractivity contribution in [3.63, 3.8) is 0 Å². The molecule has 1 fully saturated rings. The fraction of sp³-hybridized carbons (Fsp3) is 0.211. The Hall–Kier alpha value is -2.60. The molecular weight excluding hydrogens is 336 g/mol. The van der Waals surface area contributed by atoms with Gasteiger partial charge in [-0.1, -0.05) is 35.9 Å². The Labute approximate surface area is 150 Å². The number of aryl methyl sites for hydroxylation is 2. The lowest BCUT2D eigenvalue weighted by atomic mass is 10.1. The number of rotatable bonds is 4. The molecule has 1 heterocycles. The summed E-state index contributed by atoms with van der Waals surface area (Å²) in [5.74, 6) is -0.627. The standard InChI is InChI=1S/C19H18N2O3S/c1-12-7-9-14(10-8-12)20-17(22)11-16-18(23)21(19(24)25-16)15-6-4-3-5-13(15)2/h3-10,16H,11H2,1-2H3,(H,20,22). The van der Waals surface area contributed by atoms with Gasteiger partial charge in [-0.2, -0.15) is 0 Å². The highest BCUT2D eigenvalue weighted by atomic mass is 32.2. The van der Waals surface area contributed by atoms with Crippen LogP contribution in [0.3, 0.4) is 0 Å². The third-order valence-corrected chi connectivity index (χ3v) is 5.02. The van der Waals surface area contributed by atoms with Gasteiger partial charge in [0.15, 0.2) is 0 Å². The van der Waals surface area contributed by atoms with Crippen LogP contribution in [0.1, 0.15) is 17.5 Å².